The van der Waals surface area contributed by atoms with Crippen LogP contribution in [-0.4, -0.2) is 13.3 Å². The predicted molar refractivity (Wildman–Crippen MR) is 45.6 cm³/mol. The van der Waals surface area contributed by atoms with Gasteiger partial charge in [-0.1, -0.05) is 12.8 Å². The maximum absolute atomic E-state index is 11.6. The molecule has 0 saturated heterocycles. The molecule has 0 bridgehead atoms. The van der Waals surface area contributed by atoms with Crippen molar-refractivity contribution in [2.75, 3.05) is 13.3 Å². The third kappa shape index (κ3) is 1.56. The number of hydrogen-bond acceptors (Lipinski definition) is 2. The molecule has 1 rings (SSSR count). The summed E-state index contributed by atoms with van der Waals surface area (Å²) in [6.45, 7) is 1.96. The van der Waals surface area contributed by atoms with Crippen LogP contribution in [0.4, 0.5) is 0 Å². The highest BCUT2D eigenvalue weighted by Crippen LogP contribution is 2.56. The topological polar surface area (TPSA) is 26.3 Å². The molecule has 0 aromatic heterocycles. The molecule has 11 heavy (non-hydrogen) atoms. The van der Waals surface area contributed by atoms with E-state index < -0.39 is 7.37 Å². The summed E-state index contributed by atoms with van der Waals surface area (Å²) in [6.07, 6.45) is 5.76. The minimum Gasteiger partial charge on any atom is -0.329 e. The van der Waals surface area contributed by atoms with E-state index in [0.29, 0.717) is 6.16 Å². The van der Waals surface area contributed by atoms with Crippen molar-refractivity contribution in [3.63, 3.8) is 0 Å². The molecule has 2 nitrogen and oxygen atoms in total. The molecule has 0 N–H and O–H groups in total. The molecule has 1 aliphatic rings. The second-order valence-corrected chi connectivity index (χ2v) is 5.16. The van der Waals surface area contributed by atoms with Gasteiger partial charge in [0.25, 0.3) is 0 Å². The fourth-order valence-corrected chi connectivity index (χ4v) is 3.25. The van der Waals surface area contributed by atoms with Crippen LogP contribution < -0.4 is 0 Å². The summed E-state index contributed by atoms with van der Waals surface area (Å²) in [7, 11) is -1.02. The van der Waals surface area contributed by atoms with Gasteiger partial charge in [0, 0.05) is 24.7 Å². The quantitative estimate of drug-likeness (QED) is 0.445. The second-order valence-electron chi connectivity index (χ2n) is 2.72. The van der Waals surface area contributed by atoms with E-state index in [1.807, 2.05) is 6.92 Å². The fourth-order valence-electron chi connectivity index (χ4n) is 1.18. The van der Waals surface area contributed by atoms with Crippen molar-refractivity contribution in [2.45, 2.75) is 6.92 Å². The maximum atomic E-state index is 11.6. The molecular formula is C8H11O2P. The molecule has 1 heterocycles. The third-order valence-electron chi connectivity index (χ3n) is 1.87. The summed E-state index contributed by atoms with van der Waals surface area (Å²) >= 11 is 0. The lowest BCUT2D eigenvalue weighted by molar-refractivity contribution is 0.401. The van der Waals surface area contributed by atoms with Gasteiger partial charge >= 0.3 is 0 Å². The van der Waals surface area contributed by atoms with E-state index in [0.717, 1.165) is 5.57 Å². The largest absolute Gasteiger partial charge is 0.329 e. The first kappa shape index (κ1) is 8.59. The molecule has 3 heteroatoms. The van der Waals surface area contributed by atoms with Crippen LogP contribution in [0, 0.1) is 18.3 Å². The Labute approximate surface area is 67.1 Å². The van der Waals surface area contributed by atoms with Crippen molar-refractivity contribution in [1.29, 1.82) is 0 Å². The van der Waals surface area contributed by atoms with Gasteiger partial charge in [0.1, 0.15) is 0 Å². The van der Waals surface area contributed by atoms with Crippen LogP contribution in [0.15, 0.2) is 11.4 Å². The van der Waals surface area contributed by atoms with E-state index in [9.17, 15) is 4.57 Å². The van der Waals surface area contributed by atoms with E-state index in [1.165, 1.54) is 7.11 Å². The van der Waals surface area contributed by atoms with Crippen LogP contribution >= 0.6 is 7.37 Å². The average molecular weight is 170 g/mol. The maximum Gasteiger partial charge on any atom is 0.226 e. The minimum absolute atomic E-state index is 0.214. The van der Waals surface area contributed by atoms with Gasteiger partial charge in [-0.15, -0.1) is 6.42 Å². The number of allylic oxidation sites excluding steroid dienone is 1. The summed E-state index contributed by atoms with van der Waals surface area (Å²) in [6, 6.07) is 0. The molecule has 0 aliphatic carbocycles. The van der Waals surface area contributed by atoms with Gasteiger partial charge in [0.15, 0.2) is 0 Å². The smallest absolute Gasteiger partial charge is 0.226 e. The lowest BCUT2D eigenvalue weighted by Crippen LogP contribution is -1.96. The molecule has 0 saturated carbocycles. The molecule has 0 spiro atoms. The molecule has 0 amide bonds. The number of terminal acetylenes is 1. The Morgan fingerprint density at radius 3 is 2.82 bits per heavy atom. The van der Waals surface area contributed by atoms with Crippen LogP contribution in [0.3, 0.4) is 0 Å². The predicted octanol–water partition coefficient (Wildman–Crippen LogP) is 2.08. The van der Waals surface area contributed by atoms with Gasteiger partial charge in [-0.25, -0.2) is 0 Å². The van der Waals surface area contributed by atoms with Gasteiger partial charge in [-0.3, -0.25) is 4.57 Å². The van der Waals surface area contributed by atoms with E-state index in [4.69, 9.17) is 10.9 Å². The Bertz CT molecular complexity index is 272. The van der Waals surface area contributed by atoms with Gasteiger partial charge in [0.2, 0.25) is 7.37 Å². The van der Waals surface area contributed by atoms with Gasteiger partial charge in [-0.05, 0) is 5.92 Å². The second kappa shape index (κ2) is 2.85. The lowest BCUT2D eigenvalue weighted by Gasteiger charge is -2.06. The highest BCUT2D eigenvalue weighted by Gasteiger charge is 2.31. The highest BCUT2D eigenvalue weighted by atomic mass is 31.2. The van der Waals surface area contributed by atoms with E-state index in [1.54, 1.807) is 5.82 Å². The SMILES string of the molecule is C#CC1=CP(=O)(OC)CC1C. The zero-order chi connectivity index (χ0) is 8.48. The molecule has 2 unspecified atom stereocenters. The van der Waals surface area contributed by atoms with Crippen molar-refractivity contribution in [2.24, 2.45) is 5.92 Å². The zero-order valence-corrected chi connectivity index (χ0v) is 7.60. The molecule has 0 radical (unpaired) electrons. The lowest BCUT2D eigenvalue weighted by atomic mass is 10.1. The summed E-state index contributed by atoms with van der Waals surface area (Å²) in [5.41, 5.74) is 0.815. The van der Waals surface area contributed by atoms with Gasteiger partial charge in [-0.2, -0.15) is 0 Å². The Morgan fingerprint density at radius 2 is 2.55 bits per heavy atom. The van der Waals surface area contributed by atoms with Crippen LogP contribution in [0.2, 0.25) is 0 Å². The van der Waals surface area contributed by atoms with Gasteiger partial charge < -0.3 is 4.52 Å². The minimum atomic E-state index is -2.48. The van der Waals surface area contributed by atoms with Crippen LogP contribution in [0.5, 0.6) is 0 Å². The Hall–Kier alpha value is -0.510. The van der Waals surface area contributed by atoms with Crippen LogP contribution in [0.1, 0.15) is 6.92 Å². The first-order valence-corrected chi connectivity index (χ1v) is 5.33. The first-order chi connectivity index (χ1) is 5.11. The van der Waals surface area contributed by atoms with E-state index >= 15 is 0 Å². The molecule has 1 aliphatic heterocycles. The van der Waals surface area contributed by atoms with E-state index in [2.05, 4.69) is 5.92 Å². The monoisotopic (exact) mass is 170 g/mol. The van der Waals surface area contributed by atoms with Crippen molar-refractivity contribution in [3.05, 3.63) is 11.4 Å². The van der Waals surface area contributed by atoms with Crippen LogP contribution in [0.25, 0.3) is 0 Å². The van der Waals surface area contributed by atoms with Crippen LogP contribution in [-0.2, 0) is 9.09 Å². The first-order valence-electron chi connectivity index (χ1n) is 3.45. The Balaban J connectivity index is 2.93. The molecule has 0 fully saturated rings. The summed E-state index contributed by atoms with van der Waals surface area (Å²) < 4.78 is 16.5. The van der Waals surface area contributed by atoms with E-state index in [-0.39, 0.29) is 5.92 Å². The zero-order valence-electron chi connectivity index (χ0n) is 6.70. The number of hydrogen-bond donors (Lipinski definition) is 0. The summed E-state index contributed by atoms with van der Waals surface area (Å²) in [5, 5.41) is 0. The van der Waals surface area contributed by atoms with Crippen molar-refractivity contribution >= 4 is 7.37 Å². The standard InChI is InChI=1S/C8H11O2P/c1-4-8-6-11(9,10-3)5-7(8)2/h1,6-7H,5H2,2-3H3. The van der Waals surface area contributed by atoms with Crippen molar-refractivity contribution in [1.82, 2.24) is 0 Å². The summed E-state index contributed by atoms with van der Waals surface area (Å²) in [4.78, 5) is 0. The molecule has 0 aromatic rings. The molecule has 0 aromatic carbocycles. The molecular weight excluding hydrogens is 159 g/mol. The van der Waals surface area contributed by atoms with Crippen molar-refractivity contribution in [3.8, 4) is 12.3 Å². The Morgan fingerprint density at radius 1 is 1.91 bits per heavy atom. The average Bonchev–Trinajstić information content (AvgIpc) is 2.27. The number of rotatable bonds is 1. The fraction of sp³-hybridized carbons (Fsp3) is 0.500. The molecule has 2 atom stereocenters. The molecule has 60 valence electrons. The third-order valence-corrected chi connectivity index (χ3v) is 4.22. The van der Waals surface area contributed by atoms with Crippen molar-refractivity contribution < 1.29 is 9.09 Å². The highest BCUT2D eigenvalue weighted by molar-refractivity contribution is 7.62. The normalized spacial score (nSPS) is 36.5. The van der Waals surface area contributed by atoms with Gasteiger partial charge in [0.05, 0.1) is 0 Å². The Kier molecular flexibility index (Phi) is 2.23. The summed E-state index contributed by atoms with van der Waals surface area (Å²) in [5.74, 6) is 4.33.